The molecule has 0 aromatic heterocycles. The van der Waals surface area contributed by atoms with Gasteiger partial charge in [-0.3, -0.25) is 0 Å². The molecule has 0 heterocycles. The summed E-state index contributed by atoms with van der Waals surface area (Å²) in [6.45, 7) is 3.74. The van der Waals surface area contributed by atoms with Crippen LogP contribution in [0.1, 0.15) is 32.6 Å². The second-order valence-corrected chi connectivity index (χ2v) is 6.41. The highest BCUT2D eigenvalue weighted by atomic mass is 32.2. The molecule has 0 aromatic carbocycles. The molecular formula is C11H24F3N3O2S. The average molecular weight is 319 g/mol. The lowest BCUT2D eigenvalue weighted by Gasteiger charge is -2.18. The SMILES string of the molecule is CCCNCCCN(C)S(=O)(=O)NCCCC(F)(F)F. The third kappa shape index (κ3) is 10.4. The fourth-order valence-corrected chi connectivity index (χ4v) is 2.44. The van der Waals surface area contributed by atoms with E-state index in [0.717, 1.165) is 17.3 Å². The van der Waals surface area contributed by atoms with Gasteiger partial charge >= 0.3 is 6.18 Å². The summed E-state index contributed by atoms with van der Waals surface area (Å²) < 4.78 is 62.4. The van der Waals surface area contributed by atoms with E-state index in [2.05, 4.69) is 10.0 Å². The van der Waals surface area contributed by atoms with Gasteiger partial charge in [0.15, 0.2) is 0 Å². The van der Waals surface area contributed by atoms with Crippen LogP contribution < -0.4 is 10.0 Å². The lowest BCUT2D eigenvalue weighted by Crippen LogP contribution is -2.40. The molecule has 0 radical (unpaired) electrons. The van der Waals surface area contributed by atoms with Crippen LogP contribution in [0, 0.1) is 0 Å². The van der Waals surface area contributed by atoms with Gasteiger partial charge < -0.3 is 5.32 Å². The first-order chi connectivity index (χ1) is 9.19. The van der Waals surface area contributed by atoms with Crippen molar-refractivity contribution < 1.29 is 21.6 Å². The van der Waals surface area contributed by atoms with Gasteiger partial charge in [-0.15, -0.1) is 0 Å². The topological polar surface area (TPSA) is 61.4 Å². The molecule has 0 rings (SSSR count). The summed E-state index contributed by atoms with van der Waals surface area (Å²) in [5.41, 5.74) is 0. The number of hydrogen-bond donors (Lipinski definition) is 2. The fourth-order valence-electron chi connectivity index (χ4n) is 1.45. The zero-order valence-corrected chi connectivity index (χ0v) is 12.8. The van der Waals surface area contributed by atoms with E-state index in [1.807, 2.05) is 6.92 Å². The Morgan fingerprint density at radius 1 is 1.10 bits per heavy atom. The van der Waals surface area contributed by atoms with Crippen molar-refractivity contribution in [2.45, 2.75) is 38.8 Å². The van der Waals surface area contributed by atoms with Gasteiger partial charge in [-0.25, -0.2) is 4.72 Å². The van der Waals surface area contributed by atoms with Crippen molar-refractivity contribution in [2.24, 2.45) is 0 Å². The van der Waals surface area contributed by atoms with Crippen molar-refractivity contribution in [1.82, 2.24) is 14.3 Å². The highest BCUT2D eigenvalue weighted by molar-refractivity contribution is 7.87. The summed E-state index contributed by atoms with van der Waals surface area (Å²) in [5, 5.41) is 3.14. The number of nitrogens with zero attached hydrogens (tertiary/aromatic N) is 1. The van der Waals surface area contributed by atoms with E-state index in [4.69, 9.17) is 0 Å². The fraction of sp³-hybridized carbons (Fsp3) is 1.00. The summed E-state index contributed by atoms with van der Waals surface area (Å²) in [7, 11) is -2.27. The molecule has 0 atom stereocenters. The molecule has 0 fully saturated rings. The first-order valence-corrected chi connectivity index (χ1v) is 8.11. The molecule has 5 nitrogen and oxygen atoms in total. The third-order valence-corrected chi connectivity index (χ3v) is 4.16. The number of hydrogen-bond acceptors (Lipinski definition) is 3. The normalized spacial score (nSPS) is 13.1. The molecule has 0 aromatic rings. The quantitative estimate of drug-likeness (QED) is 0.567. The zero-order valence-electron chi connectivity index (χ0n) is 12.0. The van der Waals surface area contributed by atoms with E-state index in [-0.39, 0.29) is 13.0 Å². The molecule has 0 saturated heterocycles. The monoisotopic (exact) mass is 319 g/mol. The summed E-state index contributed by atoms with van der Waals surface area (Å²) >= 11 is 0. The predicted molar refractivity (Wildman–Crippen MR) is 72.6 cm³/mol. The summed E-state index contributed by atoms with van der Waals surface area (Å²) in [6.07, 6.45) is -3.83. The lowest BCUT2D eigenvalue weighted by molar-refractivity contribution is -0.135. The van der Waals surface area contributed by atoms with E-state index in [1.165, 1.54) is 7.05 Å². The molecule has 122 valence electrons. The first kappa shape index (κ1) is 19.6. The number of halogens is 3. The molecule has 2 N–H and O–H groups in total. The zero-order chi connectivity index (χ0) is 15.6. The average Bonchev–Trinajstić information content (AvgIpc) is 2.33. The molecular weight excluding hydrogens is 295 g/mol. The molecule has 9 heteroatoms. The highest BCUT2D eigenvalue weighted by Gasteiger charge is 2.26. The maximum Gasteiger partial charge on any atom is 0.389 e. The largest absolute Gasteiger partial charge is 0.389 e. The maximum atomic E-state index is 11.9. The van der Waals surface area contributed by atoms with E-state index < -0.39 is 22.8 Å². The molecule has 0 aliphatic carbocycles. The van der Waals surface area contributed by atoms with Crippen LogP contribution in [0.15, 0.2) is 0 Å². The van der Waals surface area contributed by atoms with E-state index >= 15 is 0 Å². The minimum absolute atomic E-state index is 0.208. The maximum absolute atomic E-state index is 11.9. The van der Waals surface area contributed by atoms with Crippen molar-refractivity contribution in [3.63, 3.8) is 0 Å². The summed E-state index contributed by atoms with van der Waals surface area (Å²) in [5.74, 6) is 0. The van der Waals surface area contributed by atoms with E-state index in [1.54, 1.807) is 0 Å². The molecule has 20 heavy (non-hydrogen) atoms. The number of alkyl halides is 3. The molecule has 0 spiro atoms. The van der Waals surface area contributed by atoms with Crippen LogP contribution >= 0.6 is 0 Å². The van der Waals surface area contributed by atoms with Gasteiger partial charge in [0.05, 0.1) is 0 Å². The van der Waals surface area contributed by atoms with Gasteiger partial charge in [-0.1, -0.05) is 6.92 Å². The molecule has 0 amide bonds. The molecule has 0 saturated carbocycles. The number of rotatable bonds is 11. The Balaban J connectivity index is 3.85. The van der Waals surface area contributed by atoms with Gasteiger partial charge in [0, 0.05) is 26.6 Å². The third-order valence-electron chi connectivity index (χ3n) is 2.59. The van der Waals surface area contributed by atoms with E-state index in [9.17, 15) is 21.6 Å². The van der Waals surface area contributed by atoms with Crippen molar-refractivity contribution in [3.05, 3.63) is 0 Å². The Morgan fingerprint density at radius 3 is 2.30 bits per heavy atom. The minimum atomic E-state index is -4.25. The minimum Gasteiger partial charge on any atom is -0.317 e. The van der Waals surface area contributed by atoms with Gasteiger partial charge in [0.2, 0.25) is 0 Å². The first-order valence-electron chi connectivity index (χ1n) is 6.67. The van der Waals surface area contributed by atoms with Crippen LogP contribution in [0.2, 0.25) is 0 Å². The van der Waals surface area contributed by atoms with Crippen molar-refractivity contribution in [1.29, 1.82) is 0 Å². The molecule has 0 bridgehead atoms. The highest BCUT2D eigenvalue weighted by Crippen LogP contribution is 2.20. The van der Waals surface area contributed by atoms with Crippen LogP contribution in [0.3, 0.4) is 0 Å². The molecule has 0 aliphatic heterocycles. The Morgan fingerprint density at radius 2 is 1.75 bits per heavy atom. The van der Waals surface area contributed by atoms with Crippen LogP contribution in [0.5, 0.6) is 0 Å². The van der Waals surface area contributed by atoms with Gasteiger partial charge in [-0.05, 0) is 32.4 Å². The second-order valence-electron chi connectivity index (χ2n) is 4.54. The van der Waals surface area contributed by atoms with E-state index in [0.29, 0.717) is 19.5 Å². The molecule has 0 unspecified atom stereocenters. The van der Waals surface area contributed by atoms with Crippen molar-refractivity contribution in [3.8, 4) is 0 Å². The van der Waals surface area contributed by atoms with Crippen molar-refractivity contribution in [2.75, 3.05) is 33.2 Å². The number of nitrogens with one attached hydrogen (secondary N) is 2. The molecule has 0 aliphatic rings. The summed E-state index contributed by atoms with van der Waals surface area (Å²) in [6, 6.07) is 0. The van der Waals surface area contributed by atoms with Crippen molar-refractivity contribution >= 4 is 10.2 Å². The standard InChI is InChI=1S/C11H24F3N3O2S/c1-3-7-15-8-5-10-17(2)20(18,19)16-9-4-6-11(12,13)14/h15-16H,3-10H2,1-2H3. The Kier molecular flexibility index (Phi) is 9.36. The van der Waals surface area contributed by atoms with Gasteiger partial charge in [0.1, 0.15) is 0 Å². The Hall–Kier alpha value is -0.380. The van der Waals surface area contributed by atoms with Gasteiger partial charge in [-0.2, -0.15) is 25.9 Å². The summed E-state index contributed by atoms with van der Waals surface area (Å²) in [4.78, 5) is 0. The van der Waals surface area contributed by atoms with Crippen LogP contribution in [-0.2, 0) is 10.2 Å². The smallest absolute Gasteiger partial charge is 0.317 e. The Labute approximate surface area is 119 Å². The van der Waals surface area contributed by atoms with Crippen LogP contribution in [0.4, 0.5) is 13.2 Å². The van der Waals surface area contributed by atoms with Crippen LogP contribution in [-0.4, -0.2) is 52.1 Å². The van der Waals surface area contributed by atoms with Gasteiger partial charge in [0.25, 0.3) is 10.2 Å². The predicted octanol–water partition coefficient (Wildman–Crippen LogP) is 1.48. The second kappa shape index (κ2) is 9.54. The van der Waals surface area contributed by atoms with Crippen LogP contribution in [0.25, 0.3) is 0 Å². The lowest BCUT2D eigenvalue weighted by atomic mass is 10.3. The Bertz CT molecular complexity index is 347.